The van der Waals surface area contributed by atoms with Crippen molar-refractivity contribution in [2.75, 3.05) is 13.1 Å². The summed E-state index contributed by atoms with van der Waals surface area (Å²) in [7, 11) is 3.33. The second-order valence-corrected chi connectivity index (χ2v) is 10.4. The third-order valence-corrected chi connectivity index (χ3v) is 6.54. The van der Waals surface area contributed by atoms with E-state index in [1.54, 1.807) is 29.6 Å². The van der Waals surface area contributed by atoms with E-state index < -0.39 is 22.9 Å². The second kappa shape index (κ2) is 8.41. The van der Waals surface area contributed by atoms with E-state index in [0.29, 0.717) is 35.1 Å². The number of aromatic nitrogens is 5. The number of aryl methyl sites for hydroxylation is 2. The highest BCUT2D eigenvalue weighted by atomic mass is 35.5. The molecular formula is C25H27ClN6O4. The number of rotatable bonds is 3. The van der Waals surface area contributed by atoms with Crippen molar-refractivity contribution in [3.05, 3.63) is 67.7 Å². The van der Waals surface area contributed by atoms with Gasteiger partial charge in [-0.25, -0.2) is 14.6 Å². The van der Waals surface area contributed by atoms with Gasteiger partial charge in [0.15, 0.2) is 11.2 Å². The van der Waals surface area contributed by atoms with Crippen LogP contribution < -0.4 is 11.2 Å². The molecule has 3 aromatic heterocycles. The molecule has 4 heterocycles. The molecule has 0 bridgehead atoms. The van der Waals surface area contributed by atoms with Gasteiger partial charge in [-0.15, -0.1) is 0 Å². The number of hydrogen-bond donors (Lipinski definition) is 1. The molecular weight excluding hydrogens is 484 g/mol. The van der Waals surface area contributed by atoms with Crippen LogP contribution in [0.15, 0.2) is 39.9 Å². The fourth-order valence-corrected chi connectivity index (χ4v) is 4.71. The molecule has 1 aliphatic rings. The normalized spacial score (nSPS) is 14.2. The number of imidazole rings is 1. The second-order valence-electron chi connectivity index (χ2n) is 9.99. The van der Waals surface area contributed by atoms with E-state index in [0.717, 1.165) is 16.5 Å². The smallest absolute Gasteiger partial charge is 0.410 e. The number of nitrogens with zero attached hydrogens (tertiary/aromatic N) is 5. The molecule has 0 unspecified atom stereocenters. The molecule has 0 radical (unpaired) electrons. The van der Waals surface area contributed by atoms with E-state index >= 15 is 0 Å². The molecule has 188 valence electrons. The molecule has 1 amide bonds. The molecule has 0 aliphatic carbocycles. The number of nitrogens with one attached hydrogen (secondary N) is 1. The SMILES string of the molecule is Cn1c(C2=CCN(C(=O)OC(C)(C)C)C2)nc2c1c(=O)n(Cc1cc3c(Cl)cccc3[nH]1)c(=O)n2C. The van der Waals surface area contributed by atoms with E-state index in [1.165, 1.54) is 9.13 Å². The van der Waals surface area contributed by atoms with Crippen molar-refractivity contribution in [1.29, 1.82) is 0 Å². The molecule has 0 spiro atoms. The minimum Gasteiger partial charge on any atom is -0.444 e. The molecule has 0 atom stereocenters. The number of aromatic amines is 1. The van der Waals surface area contributed by atoms with E-state index in [9.17, 15) is 14.4 Å². The van der Waals surface area contributed by atoms with Gasteiger partial charge in [0.25, 0.3) is 5.56 Å². The molecule has 36 heavy (non-hydrogen) atoms. The fourth-order valence-electron chi connectivity index (χ4n) is 4.48. The minimum absolute atomic E-state index is 0.0576. The highest BCUT2D eigenvalue weighted by Crippen LogP contribution is 2.25. The Kier molecular flexibility index (Phi) is 5.59. The summed E-state index contributed by atoms with van der Waals surface area (Å²) in [5.74, 6) is 0.526. The van der Waals surface area contributed by atoms with Gasteiger partial charge in [0.1, 0.15) is 11.4 Å². The standard InChI is InChI=1S/C25H27ClN6O4/c1-25(2,3)36-24(35)31-10-9-14(12-31)20-28-21-19(29(20)4)22(33)32(23(34)30(21)5)13-15-11-16-17(26)7-6-8-18(16)27-15/h6-9,11,27H,10,12-13H2,1-5H3. The van der Waals surface area contributed by atoms with E-state index in [1.807, 2.05) is 45.0 Å². The van der Waals surface area contributed by atoms with Gasteiger partial charge in [0, 0.05) is 47.8 Å². The highest BCUT2D eigenvalue weighted by Gasteiger charge is 2.28. The molecule has 0 fully saturated rings. The number of carbonyl (C=O) groups is 1. The Balaban J connectivity index is 1.52. The molecule has 0 saturated heterocycles. The Labute approximate surface area is 211 Å². The first-order valence-electron chi connectivity index (χ1n) is 11.5. The Morgan fingerprint density at radius 3 is 2.64 bits per heavy atom. The molecule has 10 nitrogen and oxygen atoms in total. The maximum absolute atomic E-state index is 13.5. The van der Waals surface area contributed by atoms with Crippen LogP contribution in [0.25, 0.3) is 27.6 Å². The molecule has 11 heteroatoms. The van der Waals surface area contributed by atoms with Crippen LogP contribution in [0.3, 0.4) is 0 Å². The van der Waals surface area contributed by atoms with Crippen molar-refractivity contribution in [3.63, 3.8) is 0 Å². The number of H-pyrrole nitrogens is 1. The van der Waals surface area contributed by atoms with Crippen molar-refractivity contribution < 1.29 is 9.53 Å². The quantitative estimate of drug-likeness (QED) is 0.455. The van der Waals surface area contributed by atoms with Crippen LogP contribution in [0, 0.1) is 0 Å². The van der Waals surface area contributed by atoms with Crippen LogP contribution in [0.1, 0.15) is 32.3 Å². The van der Waals surface area contributed by atoms with Crippen molar-refractivity contribution in [1.82, 2.24) is 28.6 Å². The third kappa shape index (κ3) is 4.01. The summed E-state index contributed by atoms with van der Waals surface area (Å²) < 4.78 is 9.70. The average molecular weight is 511 g/mol. The molecule has 0 saturated carbocycles. The monoisotopic (exact) mass is 510 g/mol. The number of carbonyl (C=O) groups excluding carboxylic acids is 1. The zero-order chi connectivity index (χ0) is 25.9. The maximum atomic E-state index is 13.5. The summed E-state index contributed by atoms with van der Waals surface area (Å²) in [6.07, 6.45) is 1.47. The van der Waals surface area contributed by atoms with Crippen molar-refractivity contribution in [3.8, 4) is 0 Å². The first-order valence-corrected chi connectivity index (χ1v) is 11.9. The summed E-state index contributed by atoms with van der Waals surface area (Å²) in [5, 5.41) is 1.41. The molecule has 4 aromatic rings. The van der Waals surface area contributed by atoms with Gasteiger partial charge in [-0.05, 0) is 39.0 Å². The van der Waals surface area contributed by atoms with Crippen LogP contribution in [0.5, 0.6) is 0 Å². The summed E-state index contributed by atoms with van der Waals surface area (Å²) in [5.41, 5.74) is 1.37. The van der Waals surface area contributed by atoms with Crippen molar-refractivity contribution in [2.45, 2.75) is 32.9 Å². The molecule has 1 aromatic carbocycles. The largest absolute Gasteiger partial charge is 0.444 e. The molecule has 1 N–H and O–H groups in total. The predicted octanol–water partition coefficient (Wildman–Crippen LogP) is 3.25. The van der Waals surface area contributed by atoms with Gasteiger partial charge in [0.2, 0.25) is 0 Å². The Hall–Kier alpha value is -3.79. The van der Waals surface area contributed by atoms with Crippen molar-refractivity contribution >= 4 is 45.3 Å². The van der Waals surface area contributed by atoms with E-state index in [4.69, 9.17) is 16.3 Å². The lowest BCUT2D eigenvalue weighted by molar-refractivity contribution is 0.0306. The number of benzene rings is 1. The zero-order valence-electron chi connectivity index (χ0n) is 20.8. The topological polar surface area (TPSA) is 107 Å². The van der Waals surface area contributed by atoms with Gasteiger partial charge in [0.05, 0.1) is 13.1 Å². The lowest BCUT2D eigenvalue weighted by atomic mass is 10.2. The van der Waals surface area contributed by atoms with Crippen LogP contribution in [0.4, 0.5) is 4.79 Å². The fraction of sp³-hybridized carbons (Fsp3) is 0.360. The van der Waals surface area contributed by atoms with Crippen LogP contribution >= 0.6 is 11.6 Å². The number of fused-ring (bicyclic) bond motifs is 2. The van der Waals surface area contributed by atoms with E-state index in [-0.39, 0.29) is 12.2 Å². The highest BCUT2D eigenvalue weighted by molar-refractivity contribution is 6.35. The molecule has 5 rings (SSSR count). The summed E-state index contributed by atoms with van der Waals surface area (Å²) in [4.78, 5) is 48.6. The summed E-state index contributed by atoms with van der Waals surface area (Å²) in [6.45, 7) is 6.18. The maximum Gasteiger partial charge on any atom is 0.410 e. The lowest BCUT2D eigenvalue weighted by Crippen LogP contribution is -2.39. The minimum atomic E-state index is -0.600. The number of halogens is 1. The number of hydrogen-bond acceptors (Lipinski definition) is 5. The average Bonchev–Trinajstić information content (AvgIpc) is 3.51. The first kappa shape index (κ1) is 23.9. The number of ether oxygens (including phenoxy) is 1. The van der Waals surface area contributed by atoms with Gasteiger partial charge in [-0.3, -0.25) is 13.9 Å². The summed E-state index contributed by atoms with van der Waals surface area (Å²) in [6, 6.07) is 7.35. The summed E-state index contributed by atoms with van der Waals surface area (Å²) >= 11 is 6.28. The third-order valence-electron chi connectivity index (χ3n) is 6.21. The van der Waals surface area contributed by atoms with Crippen molar-refractivity contribution in [2.24, 2.45) is 14.1 Å². The predicted molar refractivity (Wildman–Crippen MR) is 138 cm³/mol. The van der Waals surface area contributed by atoms with Gasteiger partial charge < -0.3 is 19.2 Å². The van der Waals surface area contributed by atoms with Crippen LogP contribution in [0.2, 0.25) is 5.02 Å². The van der Waals surface area contributed by atoms with Gasteiger partial charge in [-0.1, -0.05) is 23.7 Å². The van der Waals surface area contributed by atoms with Crippen LogP contribution in [-0.4, -0.2) is 53.4 Å². The Bertz CT molecular complexity index is 1680. The van der Waals surface area contributed by atoms with Crippen LogP contribution in [-0.2, 0) is 25.4 Å². The first-order chi connectivity index (χ1) is 16.9. The number of amides is 1. The Morgan fingerprint density at radius 1 is 1.19 bits per heavy atom. The lowest BCUT2D eigenvalue weighted by Gasteiger charge is -2.24. The molecule has 1 aliphatic heterocycles. The van der Waals surface area contributed by atoms with E-state index in [2.05, 4.69) is 9.97 Å². The van der Waals surface area contributed by atoms with Gasteiger partial charge in [-0.2, -0.15) is 0 Å². The zero-order valence-corrected chi connectivity index (χ0v) is 21.5. The Morgan fingerprint density at radius 2 is 1.94 bits per heavy atom. The van der Waals surface area contributed by atoms with Gasteiger partial charge >= 0.3 is 11.8 Å².